The molecule has 14 nitrogen and oxygen atoms in total. The molecule has 350 valence electrons. The van der Waals surface area contributed by atoms with Gasteiger partial charge in [0.15, 0.2) is 0 Å². The Balaban J connectivity index is 0.000000133. The van der Waals surface area contributed by atoms with E-state index in [1.165, 1.54) is 12.1 Å². The molecular formula is C50H52BBrF2N10O4. The van der Waals surface area contributed by atoms with Crippen LogP contribution in [0, 0.1) is 25.5 Å². The van der Waals surface area contributed by atoms with Crippen molar-refractivity contribution in [2.75, 3.05) is 23.8 Å². The molecule has 0 aliphatic carbocycles. The van der Waals surface area contributed by atoms with Crippen molar-refractivity contribution in [3.8, 4) is 22.8 Å². The quantitative estimate of drug-likeness (QED) is 0.140. The lowest BCUT2D eigenvalue weighted by Crippen LogP contribution is -2.41. The minimum absolute atomic E-state index is 0.221. The third-order valence-electron chi connectivity index (χ3n) is 12.8. The summed E-state index contributed by atoms with van der Waals surface area (Å²) in [5.74, 6) is 2.45. The summed E-state index contributed by atoms with van der Waals surface area (Å²) in [7, 11) is 3.49. The summed E-state index contributed by atoms with van der Waals surface area (Å²) in [5, 5.41) is 17.1. The second-order valence-corrected chi connectivity index (χ2v) is 18.8. The molecule has 2 aromatic carbocycles. The Hall–Kier alpha value is -6.50. The zero-order valence-corrected chi connectivity index (χ0v) is 40.8. The molecule has 11 rings (SSSR count). The number of nitrogens with zero attached hydrogens (tertiary/aromatic N) is 8. The van der Waals surface area contributed by atoms with Crippen LogP contribution in [0.25, 0.3) is 33.1 Å². The van der Waals surface area contributed by atoms with Gasteiger partial charge in [-0.1, -0.05) is 0 Å². The van der Waals surface area contributed by atoms with Gasteiger partial charge in [0.2, 0.25) is 0 Å². The number of fused-ring (bicyclic) bond motifs is 4. The topological polar surface area (TPSA) is 148 Å². The van der Waals surface area contributed by atoms with Gasteiger partial charge >= 0.3 is 7.12 Å². The number of hydrogen-bond acceptors (Lipinski definition) is 12. The van der Waals surface area contributed by atoms with Crippen LogP contribution in [0.1, 0.15) is 61.3 Å². The van der Waals surface area contributed by atoms with Crippen LogP contribution in [0.15, 0.2) is 89.9 Å². The molecule has 1 saturated heterocycles. The van der Waals surface area contributed by atoms with E-state index in [9.17, 15) is 8.78 Å². The van der Waals surface area contributed by atoms with Crippen molar-refractivity contribution in [3.63, 3.8) is 0 Å². The standard InChI is InChI=1S/C22H20FN5O.C17H13BrFN3O.C11H19BN2O2/c1-13-10-19(28(2)27-13)17-12-26-22(15-4-3-8-24-21(15)17)25-11-16-14-7-9-29-20(14)6-5-18(16)23;18-13-9-22-17(11-2-1-6-20-16(11)13)21-8-12-10-5-7-23-15(10)4-3-14(12)19;1-8-7-9(14(6)13-8)12-15-10(2,3)11(4,5)16-12/h3-6,8,10,12H,7,9,11H2,1-2H3,(H,25,26);1-4,6,9H,5,7-8H2,(H,21,22);7H,1-6H3. The summed E-state index contributed by atoms with van der Waals surface area (Å²) in [6.45, 7) is 14.0. The molecule has 0 radical (unpaired) electrons. The van der Waals surface area contributed by atoms with E-state index in [0.717, 1.165) is 90.0 Å². The van der Waals surface area contributed by atoms with Gasteiger partial charge in [-0.25, -0.2) is 18.7 Å². The predicted octanol–water partition coefficient (Wildman–Crippen LogP) is 9.13. The van der Waals surface area contributed by atoms with Crippen molar-refractivity contribution >= 4 is 62.1 Å². The maximum atomic E-state index is 14.5. The van der Waals surface area contributed by atoms with Gasteiger partial charge in [0.05, 0.1) is 62.6 Å². The van der Waals surface area contributed by atoms with Crippen LogP contribution in [-0.2, 0) is 49.3 Å². The van der Waals surface area contributed by atoms with Gasteiger partial charge in [-0.3, -0.25) is 19.3 Å². The van der Waals surface area contributed by atoms with Crippen molar-refractivity contribution in [3.05, 3.63) is 135 Å². The van der Waals surface area contributed by atoms with E-state index >= 15 is 0 Å². The summed E-state index contributed by atoms with van der Waals surface area (Å²) in [6, 6.07) is 18.0. The molecule has 0 bridgehead atoms. The molecule has 0 atom stereocenters. The first-order valence-electron chi connectivity index (χ1n) is 22.4. The molecule has 0 spiro atoms. The minimum Gasteiger partial charge on any atom is -0.493 e. The summed E-state index contributed by atoms with van der Waals surface area (Å²) in [6.07, 6.45) is 8.45. The maximum absolute atomic E-state index is 14.5. The van der Waals surface area contributed by atoms with E-state index in [4.69, 9.17) is 18.8 Å². The van der Waals surface area contributed by atoms with Crippen molar-refractivity contribution < 1.29 is 27.6 Å². The number of nitrogens with one attached hydrogen (secondary N) is 2. The largest absolute Gasteiger partial charge is 0.514 e. The third-order valence-corrected chi connectivity index (χ3v) is 13.4. The predicted molar refractivity (Wildman–Crippen MR) is 263 cm³/mol. The molecule has 3 aliphatic heterocycles. The zero-order valence-electron chi connectivity index (χ0n) is 39.2. The first-order valence-corrected chi connectivity index (χ1v) is 23.2. The monoisotopic (exact) mass is 984 g/mol. The molecule has 68 heavy (non-hydrogen) atoms. The van der Waals surface area contributed by atoms with Gasteiger partial charge in [0.25, 0.3) is 0 Å². The number of rotatable bonds is 8. The van der Waals surface area contributed by atoms with E-state index in [-0.39, 0.29) is 30.0 Å². The van der Waals surface area contributed by atoms with Crippen LogP contribution in [-0.4, -0.2) is 71.0 Å². The lowest BCUT2D eigenvalue weighted by atomic mass is 9.84. The molecule has 0 amide bonds. The van der Waals surface area contributed by atoms with Crippen LogP contribution in [0.2, 0.25) is 0 Å². The smallest absolute Gasteiger partial charge is 0.493 e. The highest BCUT2D eigenvalue weighted by molar-refractivity contribution is 9.10. The molecule has 2 N–H and O–H groups in total. The molecule has 1 fully saturated rings. The van der Waals surface area contributed by atoms with Gasteiger partial charge in [-0.15, -0.1) is 0 Å². The SMILES string of the molecule is Cc1cc(-c2cnc(NCc3c(F)ccc4c3CCO4)c3cccnc23)n(C)n1.Cc1cc(B2OC(C)(C)C(C)(C)O2)n(C)n1.Fc1ccc2c(c1CNc1ncc(Br)c3ncccc13)CCO2. The highest BCUT2D eigenvalue weighted by Gasteiger charge is 2.52. The number of ether oxygens (including phenoxy) is 2. The Morgan fingerprint density at radius 1 is 0.676 bits per heavy atom. The third kappa shape index (κ3) is 9.24. The molecule has 6 aromatic heterocycles. The summed E-state index contributed by atoms with van der Waals surface area (Å²) >= 11 is 3.45. The van der Waals surface area contributed by atoms with Gasteiger partial charge < -0.3 is 29.4 Å². The fraction of sp³-hybridized carbons (Fsp3) is 0.320. The number of aryl methyl sites for hydroxylation is 4. The van der Waals surface area contributed by atoms with Gasteiger partial charge in [-0.05, 0) is 118 Å². The highest BCUT2D eigenvalue weighted by Crippen LogP contribution is 2.37. The van der Waals surface area contributed by atoms with Crippen molar-refractivity contribution in [2.24, 2.45) is 14.1 Å². The first-order chi connectivity index (χ1) is 32.6. The summed E-state index contributed by atoms with van der Waals surface area (Å²) < 4.78 is 56.1. The number of halogens is 3. The number of benzene rings is 2. The van der Waals surface area contributed by atoms with Crippen LogP contribution in [0.3, 0.4) is 0 Å². The Kier molecular flexibility index (Phi) is 12.9. The van der Waals surface area contributed by atoms with Crippen LogP contribution < -0.4 is 25.7 Å². The van der Waals surface area contributed by atoms with Crippen LogP contribution in [0.5, 0.6) is 11.5 Å². The first kappa shape index (κ1) is 46.6. The van der Waals surface area contributed by atoms with Gasteiger partial charge in [0.1, 0.15) is 34.8 Å². The molecule has 18 heteroatoms. The summed E-state index contributed by atoms with van der Waals surface area (Å²) in [4.78, 5) is 18.0. The lowest BCUT2D eigenvalue weighted by molar-refractivity contribution is 0.00578. The number of aromatic nitrogens is 8. The Bertz CT molecular complexity index is 3160. The lowest BCUT2D eigenvalue weighted by Gasteiger charge is -2.32. The average Bonchev–Trinajstić information content (AvgIpc) is 4.16. The van der Waals surface area contributed by atoms with Crippen LogP contribution >= 0.6 is 15.9 Å². The Labute approximate surface area is 402 Å². The van der Waals surface area contributed by atoms with E-state index < -0.39 is 0 Å². The zero-order chi connectivity index (χ0) is 47.9. The second kappa shape index (κ2) is 18.9. The molecule has 9 heterocycles. The van der Waals surface area contributed by atoms with E-state index in [2.05, 4.69) is 84.4 Å². The van der Waals surface area contributed by atoms with E-state index in [1.807, 2.05) is 73.7 Å². The molecular weight excluding hydrogens is 933 g/mol. The number of hydrogen-bond donors (Lipinski definition) is 2. The number of anilines is 2. The molecule has 8 aromatic rings. The molecule has 0 unspecified atom stereocenters. The van der Waals surface area contributed by atoms with Gasteiger partial charge in [0, 0.05) is 103 Å². The fourth-order valence-electron chi connectivity index (χ4n) is 8.61. The van der Waals surface area contributed by atoms with Crippen molar-refractivity contribution in [1.29, 1.82) is 0 Å². The summed E-state index contributed by atoms with van der Waals surface area (Å²) in [5.41, 5.74) is 8.95. The maximum Gasteiger partial charge on any atom is 0.514 e. The minimum atomic E-state index is -0.323. The highest BCUT2D eigenvalue weighted by atomic mass is 79.9. The van der Waals surface area contributed by atoms with Crippen LogP contribution in [0.4, 0.5) is 20.4 Å². The van der Waals surface area contributed by atoms with E-state index in [0.29, 0.717) is 49.1 Å². The molecule has 3 aliphatic rings. The van der Waals surface area contributed by atoms with E-state index in [1.54, 1.807) is 36.9 Å². The number of pyridine rings is 4. The molecule has 0 saturated carbocycles. The Morgan fingerprint density at radius 3 is 1.72 bits per heavy atom. The van der Waals surface area contributed by atoms with Crippen molar-refractivity contribution in [2.45, 2.75) is 78.7 Å². The average molecular weight is 986 g/mol. The second-order valence-electron chi connectivity index (χ2n) is 17.9. The van der Waals surface area contributed by atoms with Crippen molar-refractivity contribution in [1.82, 2.24) is 39.5 Å². The van der Waals surface area contributed by atoms with Gasteiger partial charge in [-0.2, -0.15) is 10.2 Å². The Morgan fingerprint density at radius 2 is 1.19 bits per heavy atom. The fourth-order valence-corrected chi connectivity index (χ4v) is 9.03. The normalized spacial score (nSPS) is 15.2.